The Hall–Kier alpha value is -3.48. The van der Waals surface area contributed by atoms with E-state index in [1.165, 1.54) is 24.7 Å². The van der Waals surface area contributed by atoms with E-state index in [0.717, 1.165) is 42.3 Å². The van der Waals surface area contributed by atoms with Gasteiger partial charge in [-0.2, -0.15) is 0 Å². The maximum absolute atomic E-state index is 14.2. The molecule has 3 aliphatic rings. The quantitative estimate of drug-likeness (QED) is 0.752. The number of pyridine rings is 1. The van der Waals surface area contributed by atoms with E-state index in [1.54, 1.807) is 12.3 Å². The van der Waals surface area contributed by atoms with E-state index in [1.807, 2.05) is 23.2 Å². The largest absolute Gasteiger partial charge is 0.372 e. The van der Waals surface area contributed by atoms with Crippen LogP contribution in [0.4, 0.5) is 21.6 Å². The average molecular weight is 431 g/mol. The fourth-order valence-electron chi connectivity index (χ4n) is 4.33. The number of anilines is 2. The summed E-state index contributed by atoms with van der Waals surface area (Å²) in [6.07, 6.45) is 8.53. The number of nitrogens with zero attached hydrogens (tertiary/aromatic N) is 5. The smallest absolute Gasteiger partial charge is 0.160 e. The number of fused-ring (bicyclic) bond motifs is 1. The monoisotopic (exact) mass is 430 g/mol. The molecule has 1 N–H and O–H groups in total. The number of rotatable bonds is 5. The van der Waals surface area contributed by atoms with Gasteiger partial charge in [-0.15, -0.1) is 0 Å². The summed E-state index contributed by atoms with van der Waals surface area (Å²) in [6, 6.07) is 12.0. The summed E-state index contributed by atoms with van der Waals surface area (Å²) in [4.78, 5) is 17.8. The normalized spacial score (nSPS) is 22.0. The van der Waals surface area contributed by atoms with Gasteiger partial charge < -0.3 is 15.1 Å². The second-order valence-electron chi connectivity index (χ2n) is 8.24. The Morgan fingerprint density at radius 2 is 2.00 bits per heavy atom. The van der Waals surface area contributed by atoms with Crippen molar-refractivity contribution in [2.45, 2.75) is 31.5 Å². The standard InChI is InChI=1S/C25H27FN6/c1-18(29-23-10-12-27-17-21(23)26)32-15-5-11-28-24-9-8-22(30-25(24)32)19-6-4-7-20(16-19)31-13-2-3-14-31/h4,6-12,16-17,21,23,29H,1-3,5,13-15H2. The second-order valence-corrected chi connectivity index (χ2v) is 8.24. The van der Waals surface area contributed by atoms with Crippen molar-refractivity contribution in [2.24, 2.45) is 9.98 Å². The van der Waals surface area contributed by atoms with Crippen LogP contribution >= 0.6 is 0 Å². The Morgan fingerprint density at radius 3 is 2.84 bits per heavy atom. The van der Waals surface area contributed by atoms with Gasteiger partial charge in [0.15, 0.2) is 12.0 Å². The van der Waals surface area contributed by atoms with Crippen LogP contribution in [0.5, 0.6) is 0 Å². The number of benzene rings is 1. The highest BCUT2D eigenvalue weighted by Gasteiger charge is 2.24. The maximum Gasteiger partial charge on any atom is 0.160 e. The van der Waals surface area contributed by atoms with Gasteiger partial charge in [0.1, 0.15) is 11.5 Å². The van der Waals surface area contributed by atoms with Crippen molar-refractivity contribution in [3.8, 4) is 11.3 Å². The SMILES string of the molecule is C=C(NC1C=CN=CC1F)N1CCC=Nc2ccc(-c3cccc(N4CCCC4)c3)nc21. The van der Waals surface area contributed by atoms with Crippen LogP contribution < -0.4 is 15.1 Å². The minimum atomic E-state index is -1.20. The molecule has 0 bridgehead atoms. The fraction of sp³-hybridized carbons (Fsp3) is 0.320. The zero-order valence-electron chi connectivity index (χ0n) is 18.0. The first-order valence-corrected chi connectivity index (χ1v) is 11.1. The molecule has 164 valence electrons. The van der Waals surface area contributed by atoms with Crippen LogP contribution in [0.1, 0.15) is 19.3 Å². The summed E-state index contributed by atoms with van der Waals surface area (Å²) < 4.78 is 14.2. The number of hydrogen-bond acceptors (Lipinski definition) is 6. The molecule has 6 nitrogen and oxygen atoms in total. The van der Waals surface area contributed by atoms with E-state index in [4.69, 9.17) is 4.98 Å². The predicted molar refractivity (Wildman–Crippen MR) is 130 cm³/mol. The molecule has 1 aromatic carbocycles. The fourth-order valence-corrected chi connectivity index (χ4v) is 4.33. The van der Waals surface area contributed by atoms with E-state index >= 15 is 0 Å². The summed E-state index contributed by atoms with van der Waals surface area (Å²) in [5, 5.41) is 3.19. The number of hydrogen-bond donors (Lipinski definition) is 1. The molecule has 1 fully saturated rings. The molecule has 2 atom stereocenters. The number of aromatic nitrogens is 1. The summed E-state index contributed by atoms with van der Waals surface area (Å²) >= 11 is 0. The minimum absolute atomic E-state index is 0.507. The van der Waals surface area contributed by atoms with Crippen LogP contribution in [-0.2, 0) is 0 Å². The molecule has 1 aromatic heterocycles. The van der Waals surface area contributed by atoms with Crippen LogP contribution in [0.2, 0.25) is 0 Å². The van der Waals surface area contributed by atoms with E-state index in [0.29, 0.717) is 12.4 Å². The van der Waals surface area contributed by atoms with Gasteiger partial charge >= 0.3 is 0 Å². The van der Waals surface area contributed by atoms with Crippen molar-refractivity contribution in [2.75, 3.05) is 29.4 Å². The molecule has 0 radical (unpaired) electrons. The van der Waals surface area contributed by atoms with Crippen LogP contribution in [-0.4, -0.2) is 49.3 Å². The second kappa shape index (κ2) is 8.94. The first kappa shape index (κ1) is 20.4. The molecule has 2 aromatic rings. The molecule has 0 saturated carbocycles. The number of halogens is 1. The third-order valence-corrected chi connectivity index (χ3v) is 6.05. The third-order valence-electron chi connectivity index (χ3n) is 6.05. The number of aliphatic imine (C=N–C) groups is 2. The highest BCUT2D eigenvalue weighted by atomic mass is 19.1. The van der Waals surface area contributed by atoms with Gasteiger partial charge in [0.2, 0.25) is 0 Å². The lowest BCUT2D eigenvalue weighted by molar-refractivity contribution is 0.369. The summed E-state index contributed by atoms with van der Waals surface area (Å²) in [5.41, 5.74) is 3.96. The van der Waals surface area contributed by atoms with Gasteiger partial charge in [-0.1, -0.05) is 18.7 Å². The number of nitrogens with one attached hydrogen (secondary N) is 1. The van der Waals surface area contributed by atoms with Crippen molar-refractivity contribution in [3.63, 3.8) is 0 Å². The van der Waals surface area contributed by atoms with E-state index in [-0.39, 0.29) is 0 Å². The van der Waals surface area contributed by atoms with E-state index in [9.17, 15) is 4.39 Å². The van der Waals surface area contributed by atoms with Crippen molar-refractivity contribution >= 4 is 29.6 Å². The van der Waals surface area contributed by atoms with Crippen LogP contribution in [0.25, 0.3) is 11.3 Å². The van der Waals surface area contributed by atoms with Gasteiger partial charge in [-0.05, 0) is 43.2 Å². The minimum Gasteiger partial charge on any atom is -0.372 e. The van der Waals surface area contributed by atoms with E-state index < -0.39 is 12.2 Å². The Bertz CT molecular complexity index is 1090. The molecule has 32 heavy (non-hydrogen) atoms. The Labute approximate surface area is 187 Å². The molecule has 0 amide bonds. The Balaban J connectivity index is 1.44. The molecular formula is C25H27FN6. The molecule has 5 rings (SSSR count). The average Bonchev–Trinajstić information content (AvgIpc) is 3.28. The van der Waals surface area contributed by atoms with Crippen LogP contribution in [0.3, 0.4) is 0 Å². The zero-order chi connectivity index (χ0) is 21.9. The highest BCUT2D eigenvalue weighted by molar-refractivity contribution is 5.78. The molecule has 0 spiro atoms. The lowest BCUT2D eigenvalue weighted by Crippen LogP contribution is -2.43. The molecule has 1 saturated heterocycles. The topological polar surface area (TPSA) is 56.1 Å². The summed E-state index contributed by atoms with van der Waals surface area (Å²) in [6.45, 7) is 7.05. The van der Waals surface area contributed by atoms with Gasteiger partial charge in [-0.3, -0.25) is 9.98 Å². The molecule has 2 unspecified atom stereocenters. The van der Waals surface area contributed by atoms with Gasteiger partial charge in [0, 0.05) is 55.9 Å². The van der Waals surface area contributed by atoms with E-state index in [2.05, 4.69) is 51.0 Å². The summed E-state index contributed by atoms with van der Waals surface area (Å²) in [7, 11) is 0. The predicted octanol–water partition coefficient (Wildman–Crippen LogP) is 4.63. The van der Waals surface area contributed by atoms with Crippen LogP contribution in [0, 0.1) is 0 Å². The first-order chi connectivity index (χ1) is 15.7. The van der Waals surface area contributed by atoms with Gasteiger partial charge in [0.25, 0.3) is 0 Å². The molecule has 3 aliphatic heterocycles. The van der Waals surface area contributed by atoms with Crippen molar-refractivity contribution < 1.29 is 4.39 Å². The van der Waals surface area contributed by atoms with Gasteiger partial charge in [0.05, 0.1) is 11.7 Å². The van der Waals surface area contributed by atoms with Crippen molar-refractivity contribution in [3.05, 3.63) is 61.1 Å². The third kappa shape index (κ3) is 4.15. The summed E-state index contributed by atoms with van der Waals surface area (Å²) in [5.74, 6) is 1.32. The number of alkyl halides is 1. The van der Waals surface area contributed by atoms with Crippen molar-refractivity contribution in [1.82, 2.24) is 10.3 Å². The van der Waals surface area contributed by atoms with Crippen LogP contribution in [0.15, 0.2) is 71.1 Å². The lowest BCUT2D eigenvalue weighted by Gasteiger charge is -2.30. The Kier molecular flexibility index (Phi) is 5.71. The van der Waals surface area contributed by atoms with Gasteiger partial charge in [-0.25, -0.2) is 9.37 Å². The maximum atomic E-state index is 14.2. The molecule has 0 aliphatic carbocycles. The molecule has 7 heteroatoms. The first-order valence-electron chi connectivity index (χ1n) is 11.1. The lowest BCUT2D eigenvalue weighted by atomic mass is 10.1. The molecule has 4 heterocycles. The van der Waals surface area contributed by atoms with Crippen molar-refractivity contribution in [1.29, 1.82) is 0 Å². The zero-order valence-corrected chi connectivity index (χ0v) is 18.0. The Morgan fingerprint density at radius 1 is 1.12 bits per heavy atom. The highest BCUT2D eigenvalue weighted by Crippen LogP contribution is 2.34. The molecular weight excluding hydrogens is 403 g/mol.